The fraction of sp³-hybridized carbons (Fsp3) is 0.136. The van der Waals surface area contributed by atoms with Crippen molar-refractivity contribution in [2.24, 2.45) is 0 Å². The predicted octanol–water partition coefficient (Wildman–Crippen LogP) is 5.65. The van der Waals surface area contributed by atoms with Crippen molar-refractivity contribution >= 4 is 51.2 Å². The number of carbonyl (C=O) groups is 2. The van der Waals surface area contributed by atoms with Gasteiger partial charge in [-0.25, -0.2) is 24.5 Å². The molecule has 0 aromatic carbocycles. The summed E-state index contributed by atoms with van der Waals surface area (Å²) in [6, 6.07) is 4.42. The van der Waals surface area contributed by atoms with Gasteiger partial charge < -0.3 is 29.7 Å². The highest BCUT2D eigenvalue weighted by atomic mass is 79.9. The maximum absolute atomic E-state index is 12.5. The second-order valence-electron chi connectivity index (χ2n) is 7.14. The maximum atomic E-state index is 12.5. The van der Waals surface area contributed by atoms with E-state index in [0.29, 0.717) is 22.5 Å². The van der Waals surface area contributed by atoms with E-state index in [0.717, 1.165) is 0 Å². The zero-order valence-corrected chi connectivity index (χ0v) is 21.0. The summed E-state index contributed by atoms with van der Waals surface area (Å²) < 4.78 is 48.2. The number of carboxylic acid groups (broad SMARTS) is 2. The molecule has 200 valence electrons. The zero-order chi connectivity index (χ0) is 27.9. The third-order valence-corrected chi connectivity index (χ3v) is 5.19. The number of nitrogens with one attached hydrogen (secondary N) is 2. The Kier molecular flexibility index (Phi) is 9.30. The molecule has 4 heterocycles. The van der Waals surface area contributed by atoms with Crippen LogP contribution < -0.4 is 10.6 Å². The third kappa shape index (κ3) is 7.69. The van der Waals surface area contributed by atoms with E-state index in [4.69, 9.17) is 30.6 Å². The average molecular weight is 619 g/mol. The number of anilines is 2. The SMILES string of the molecule is O=C(O)C(Nc1ncc(Br)cn1)c1ccco1.O=C(O)C(Nc1ncc(C(F)(F)F)cc1Cl)c1ccco1. The molecule has 2 unspecified atom stereocenters. The Morgan fingerprint density at radius 3 is 1.87 bits per heavy atom. The van der Waals surface area contributed by atoms with Crippen molar-refractivity contribution in [3.63, 3.8) is 0 Å². The summed E-state index contributed by atoms with van der Waals surface area (Å²) in [5.41, 5.74) is -1.03. The van der Waals surface area contributed by atoms with Crippen LogP contribution >= 0.6 is 27.5 Å². The molecule has 0 aliphatic carbocycles. The summed E-state index contributed by atoms with van der Waals surface area (Å²) in [5, 5.41) is 22.9. The van der Waals surface area contributed by atoms with E-state index in [1.807, 2.05) is 0 Å². The number of nitrogens with zero attached hydrogens (tertiary/aromatic N) is 3. The Hall–Kier alpha value is -4.11. The van der Waals surface area contributed by atoms with Gasteiger partial charge in [-0.3, -0.25) is 0 Å². The number of alkyl halides is 3. The van der Waals surface area contributed by atoms with Crippen LogP contribution in [-0.4, -0.2) is 37.1 Å². The van der Waals surface area contributed by atoms with Gasteiger partial charge in [0.2, 0.25) is 5.95 Å². The zero-order valence-electron chi connectivity index (χ0n) is 18.7. The molecular weight excluding hydrogens is 603 g/mol. The van der Waals surface area contributed by atoms with Crippen molar-refractivity contribution < 1.29 is 41.8 Å². The van der Waals surface area contributed by atoms with Crippen LogP contribution in [0.15, 0.2) is 74.8 Å². The van der Waals surface area contributed by atoms with E-state index in [2.05, 4.69) is 41.5 Å². The van der Waals surface area contributed by atoms with E-state index in [1.54, 1.807) is 12.1 Å². The van der Waals surface area contributed by atoms with Gasteiger partial charge in [-0.05, 0) is 46.3 Å². The van der Waals surface area contributed by atoms with E-state index >= 15 is 0 Å². The summed E-state index contributed by atoms with van der Waals surface area (Å²) >= 11 is 8.89. The minimum absolute atomic E-state index is 0.0697. The lowest BCUT2D eigenvalue weighted by molar-refractivity contribution is -0.139. The fourth-order valence-corrected chi connectivity index (χ4v) is 3.20. The average Bonchev–Trinajstić information content (AvgIpc) is 3.57. The van der Waals surface area contributed by atoms with E-state index < -0.39 is 35.8 Å². The smallest absolute Gasteiger partial charge is 0.417 e. The lowest BCUT2D eigenvalue weighted by Gasteiger charge is -2.15. The van der Waals surface area contributed by atoms with Crippen LogP contribution in [0.4, 0.5) is 24.9 Å². The van der Waals surface area contributed by atoms with Crippen LogP contribution in [0.2, 0.25) is 5.02 Å². The van der Waals surface area contributed by atoms with Crippen molar-refractivity contribution in [3.05, 3.63) is 88.0 Å². The molecule has 11 nitrogen and oxygen atoms in total. The van der Waals surface area contributed by atoms with Gasteiger partial charge in [0.15, 0.2) is 12.1 Å². The van der Waals surface area contributed by atoms with Crippen LogP contribution in [0.1, 0.15) is 29.2 Å². The molecule has 0 amide bonds. The maximum Gasteiger partial charge on any atom is 0.417 e. The number of hydrogen-bond donors (Lipinski definition) is 4. The van der Waals surface area contributed by atoms with Crippen LogP contribution in [0.5, 0.6) is 0 Å². The lowest BCUT2D eigenvalue weighted by atomic mass is 10.2. The molecule has 4 aromatic rings. The molecule has 16 heteroatoms. The number of carboxylic acids is 2. The summed E-state index contributed by atoms with van der Waals surface area (Å²) in [6.07, 6.45) is 1.72. The predicted molar refractivity (Wildman–Crippen MR) is 129 cm³/mol. The van der Waals surface area contributed by atoms with Gasteiger partial charge in [0, 0.05) is 18.6 Å². The molecule has 0 fully saturated rings. The molecule has 38 heavy (non-hydrogen) atoms. The number of hydrogen-bond acceptors (Lipinski definition) is 9. The molecule has 0 radical (unpaired) electrons. The molecule has 0 saturated carbocycles. The number of pyridine rings is 1. The lowest BCUT2D eigenvalue weighted by Crippen LogP contribution is -2.21. The standard InChI is InChI=1S/C12H8ClF3N2O3.C10H8BrN3O3/c13-7-4-6(12(14,15)16)5-17-10(7)18-9(11(19)20)8-2-1-3-21-8;11-6-4-12-10(13-5-6)14-8(9(15)16)7-2-1-3-17-7/h1-5,9H,(H,17,18)(H,19,20);1-5,8H,(H,15,16)(H,12,13,14). The van der Waals surface area contributed by atoms with Gasteiger partial charge in [0.1, 0.15) is 17.3 Å². The van der Waals surface area contributed by atoms with Crippen LogP contribution in [-0.2, 0) is 15.8 Å². The summed E-state index contributed by atoms with van der Waals surface area (Å²) in [6.45, 7) is 0. The number of furan rings is 2. The third-order valence-electron chi connectivity index (χ3n) is 4.49. The van der Waals surface area contributed by atoms with Crippen molar-refractivity contribution in [2.45, 2.75) is 18.3 Å². The van der Waals surface area contributed by atoms with Crippen molar-refractivity contribution in [1.82, 2.24) is 15.0 Å². The highest BCUT2D eigenvalue weighted by molar-refractivity contribution is 9.10. The number of rotatable bonds is 8. The summed E-state index contributed by atoms with van der Waals surface area (Å²) in [7, 11) is 0. The minimum atomic E-state index is -4.58. The molecule has 4 N–H and O–H groups in total. The second-order valence-corrected chi connectivity index (χ2v) is 8.46. The second kappa shape index (κ2) is 12.4. The highest BCUT2D eigenvalue weighted by Gasteiger charge is 2.32. The van der Waals surface area contributed by atoms with Crippen LogP contribution in [0.25, 0.3) is 0 Å². The summed E-state index contributed by atoms with van der Waals surface area (Å²) in [4.78, 5) is 33.6. The molecule has 4 aromatic heterocycles. The van der Waals surface area contributed by atoms with Gasteiger partial charge in [-0.15, -0.1) is 0 Å². The van der Waals surface area contributed by atoms with E-state index in [1.165, 1.54) is 37.1 Å². The Morgan fingerprint density at radius 2 is 1.45 bits per heavy atom. The Labute approximate surface area is 224 Å². The monoisotopic (exact) mass is 617 g/mol. The molecular formula is C22H16BrClF3N5O6. The number of halogens is 5. The van der Waals surface area contributed by atoms with Crippen molar-refractivity contribution in [3.8, 4) is 0 Å². The van der Waals surface area contributed by atoms with Crippen molar-refractivity contribution in [1.29, 1.82) is 0 Å². The van der Waals surface area contributed by atoms with Crippen LogP contribution in [0.3, 0.4) is 0 Å². The molecule has 0 spiro atoms. The van der Waals surface area contributed by atoms with Gasteiger partial charge in [0.05, 0.1) is 27.6 Å². The van der Waals surface area contributed by atoms with E-state index in [-0.39, 0.29) is 22.5 Å². The van der Waals surface area contributed by atoms with Gasteiger partial charge in [-0.2, -0.15) is 13.2 Å². The Morgan fingerprint density at radius 1 is 0.921 bits per heavy atom. The first-order valence-electron chi connectivity index (χ1n) is 10.2. The highest BCUT2D eigenvalue weighted by Crippen LogP contribution is 2.33. The quantitative estimate of drug-likeness (QED) is 0.193. The normalized spacial score (nSPS) is 12.6. The largest absolute Gasteiger partial charge is 0.479 e. The first-order chi connectivity index (χ1) is 18.0. The molecule has 0 aliphatic rings. The van der Waals surface area contributed by atoms with Gasteiger partial charge in [0.25, 0.3) is 0 Å². The fourth-order valence-electron chi connectivity index (χ4n) is 2.77. The first-order valence-corrected chi connectivity index (χ1v) is 11.4. The van der Waals surface area contributed by atoms with Crippen molar-refractivity contribution in [2.75, 3.05) is 10.6 Å². The molecule has 4 rings (SSSR count). The minimum Gasteiger partial charge on any atom is -0.479 e. The molecule has 0 saturated heterocycles. The van der Waals surface area contributed by atoms with Gasteiger partial charge >= 0.3 is 18.1 Å². The number of aromatic nitrogens is 3. The molecule has 0 bridgehead atoms. The van der Waals surface area contributed by atoms with Gasteiger partial charge in [-0.1, -0.05) is 11.6 Å². The van der Waals surface area contributed by atoms with E-state index in [9.17, 15) is 22.8 Å². The van der Waals surface area contributed by atoms with Crippen LogP contribution in [0, 0.1) is 0 Å². The summed E-state index contributed by atoms with van der Waals surface area (Å²) in [5.74, 6) is -1.95. The topological polar surface area (TPSA) is 164 Å². The molecule has 2 atom stereocenters. The first kappa shape index (κ1) is 28.5. The number of aliphatic carboxylic acids is 2. The Balaban J connectivity index is 0.000000215. The Bertz CT molecular complexity index is 1360. The molecule has 0 aliphatic heterocycles.